The maximum absolute atomic E-state index is 12.3. The third-order valence-electron chi connectivity index (χ3n) is 3.99. The first-order chi connectivity index (χ1) is 10.3. The Morgan fingerprint density at radius 1 is 1.32 bits per heavy atom. The van der Waals surface area contributed by atoms with Crippen molar-refractivity contribution in [2.75, 3.05) is 7.11 Å². The minimum absolute atomic E-state index is 0.0723. The molecule has 1 amide bonds. The number of thioether (sulfide) groups is 1. The first kappa shape index (κ1) is 15.6. The summed E-state index contributed by atoms with van der Waals surface area (Å²) in [5.41, 5.74) is 0.945. The van der Waals surface area contributed by atoms with Gasteiger partial charge in [-0.15, -0.1) is 23.1 Å². The van der Waals surface area contributed by atoms with Crippen molar-refractivity contribution in [3.63, 3.8) is 0 Å². The molecule has 1 fully saturated rings. The first-order valence-electron chi connectivity index (χ1n) is 7.26. The molecule has 6 heteroatoms. The highest BCUT2D eigenvalue weighted by Gasteiger charge is 2.54. The third kappa shape index (κ3) is 2.29. The summed E-state index contributed by atoms with van der Waals surface area (Å²) in [7, 11) is 1.66. The predicted octanol–water partition coefficient (Wildman–Crippen LogP) is 3.76. The zero-order valence-corrected chi connectivity index (χ0v) is 15.0. The van der Waals surface area contributed by atoms with Gasteiger partial charge in [0.1, 0.15) is 15.6 Å². The molecule has 4 nitrogen and oxygen atoms in total. The van der Waals surface area contributed by atoms with Crippen LogP contribution in [0.5, 0.6) is 5.75 Å². The van der Waals surface area contributed by atoms with Gasteiger partial charge in [-0.3, -0.25) is 4.79 Å². The van der Waals surface area contributed by atoms with Crippen LogP contribution in [0.2, 0.25) is 0 Å². The number of nitrogens with one attached hydrogen (secondary N) is 1. The minimum atomic E-state index is -0.461. The molecule has 0 saturated carbocycles. The molecule has 0 radical (unpaired) electrons. The smallest absolute Gasteiger partial charge is 0.237 e. The molecule has 0 spiro atoms. The van der Waals surface area contributed by atoms with Crippen molar-refractivity contribution in [1.29, 1.82) is 0 Å². The Labute approximate surface area is 138 Å². The van der Waals surface area contributed by atoms with Crippen LogP contribution in [-0.2, 0) is 9.67 Å². The number of carbonyl (C=O) groups is 1. The van der Waals surface area contributed by atoms with E-state index in [2.05, 4.69) is 19.2 Å². The summed E-state index contributed by atoms with van der Waals surface area (Å²) in [4.78, 5) is 16.7. The Hall–Kier alpha value is -1.27. The van der Waals surface area contributed by atoms with E-state index in [4.69, 9.17) is 9.72 Å². The average Bonchev–Trinajstić information content (AvgIpc) is 2.98. The number of hydrogen-bond acceptors (Lipinski definition) is 5. The fourth-order valence-corrected chi connectivity index (χ4v) is 5.49. The Balaban J connectivity index is 2.12. The summed E-state index contributed by atoms with van der Waals surface area (Å²) in [6, 6.07) is 5.88. The highest BCUT2D eigenvalue weighted by Crippen LogP contribution is 2.53. The Kier molecular flexibility index (Phi) is 3.64. The Morgan fingerprint density at radius 2 is 2.05 bits per heavy atom. The second kappa shape index (κ2) is 5.13. The molecular formula is C16H20N2O2S2. The van der Waals surface area contributed by atoms with Crippen molar-refractivity contribution >= 4 is 39.2 Å². The molecule has 1 N–H and O–H groups in total. The average molecular weight is 336 g/mol. The minimum Gasteiger partial charge on any atom is -0.497 e. The zero-order chi connectivity index (χ0) is 16.1. The van der Waals surface area contributed by atoms with Gasteiger partial charge in [-0.1, -0.05) is 13.8 Å². The summed E-state index contributed by atoms with van der Waals surface area (Å²) in [6.07, 6.45) is 0. The highest BCUT2D eigenvalue weighted by molar-refractivity contribution is 8.02. The third-order valence-corrected chi connectivity index (χ3v) is 7.06. The molecule has 1 aliphatic heterocycles. The van der Waals surface area contributed by atoms with Crippen molar-refractivity contribution < 1.29 is 9.53 Å². The van der Waals surface area contributed by atoms with Gasteiger partial charge in [0.2, 0.25) is 5.91 Å². The quantitative estimate of drug-likeness (QED) is 0.927. The molecule has 2 heterocycles. The lowest BCUT2D eigenvalue weighted by Gasteiger charge is -2.31. The van der Waals surface area contributed by atoms with E-state index in [1.54, 1.807) is 30.2 Å². The van der Waals surface area contributed by atoms with E-state index >= 15 is 0 Å². The van der Waals surface area contributed by atoms with Crippen molar-refractivity contribution in [3.05, 3.63) is 23.2 Å². The number of nitrogens with zero attached hydrogens (tertiary/aromatic N) is 1. The van der Waals surface area contributed by atoms with Gasteiger partial charge in [-0.2, -0.15) is 0 Å². The van der Waals surface area contributed by atoms with Crippen molar-refractivity contribution in [3.8, 4) is 5.75 Å². The molecule has 3 rings (SSSR count). The summed E-state index contributed by atoms with van der Waals surface area (Å²) >= 11 is 3.29. The largest absolute Gasteiger partial charge is 0.497 e. The van der Waals surface area contributed by atoms with Crippen LogP contribution in [0.25, 0.3) is 10.2 Å². The standard InChI is InChI=1S/C16H20N2O2S2/c1-9(2)16(18-13(19)15(3,4)22-16)14-17-11-7-6-10(20-5)8-12(11)21-14/h6-9H,1-5H3,(H,18,19)/t16-/m1/s1. The summed E-state index contributed by atoms with van der Waals surface area (Å²) in [6.45, 7) is 8.18. The van der Waals surface area contributed by atoms with Crippen molar-refractivity contribution in [2.24, 2.45) is 5.92 Å². The monoisotopic (exact) mass is 336 g/mol. The maximum atomic E-state index is 12.3. The van der Waals surface area contributed by atoms with Gasteiger partial charge >= 0.3 is 0 Å². The second-order valence-corrected chi connectivity index (χ2v) is 9.21. The van der Waals surface area contributed by atoms with Crippen molar-refractivity contribution in [2.45, 2.75) is 37.3 Å². The van der Waals surface area contributed by atoms with E-state index in [1.165, 1.54) is 0 Å². The lowest BCUT2D eigenvalue weighted by molar-refractivity contribution is -0.122. The number of rotatable bonds is 3. The topological polar surface area (TPSA) is 51.2 Å². The lowest BCUT2D eigenvalue weighted by atomic mass is 10.0. The van der Waals surface area contributed by atoms with Crippen LogP contribution in [0.4, 0.5) is 0 Å². The second-order valence-electron chi connectivity index (χ2n) is 6.31. The van der Waals surface area contributed by atoms with E-state index in [0.29, 0.717) is 0 Å². The number of methoxy groups -OCH3 is 1. The van der Waals surface area contributed by atoms with Crippen molar-refractivity contribution in [1.82, 2.24) is 10.3 Å². The van der Waals surface area contributed by atoms with E-state index in [-0.39, 0.29) is 11.8 Å². The summed E-state index contributed by atoms with van der Waals surface area (Å²) < 4.78 is 5.92. The number of hydrogen-bond donors (Lipinski definition) is 1. The van der Waals surface area contributed by atoms with Gasteiger partial charge in [0.25, 0.3) is 0 Å². The molecule has 0 unspecified atom stereocenters. The van der Waals surface area contributed by atoms with Gasteiger partial charge in [0, 0.05) is 0 Å². The highest BCUT2D eigenvalue weighted by atomic mass is 32.2. The molecule has 1 atom stereocenters. The fraction of sp³-hybridized carbons (Fsp3) is 0.500. The van der Waals surface area contributed by atoms with Gasteiger partial charge in [-0.05, 0) is 38.0 Å². The number of aromatic nitrogens is 1. The predicted molar refractivity (Wildman–Crippen MR) is 92.5 cm³/mol. The first-order valence-corrected chi connectivity index (χ1v) is 8.89. The van der Waals surface area contributed by atoms with Crippen LogP contribution in [0.15, 0.2) is 18.2 Å². The van der Waals surface area contributed by atoms with E-state index in [1.807, 2.05) is 32.0 Å². The molecule has 1 aliphatic rings. The molecule has 118 valence electrons. The maximum Gasteiger partial charge on any atom is 0.237 e. The van der Waals surface area contributed by atoms with Crippen LogP contribution >= 0.6 is 23.1 Å². The molecule has 0 aliphatic carbocycles. The normalized spacial score (nSPS) is 24.0. The molecule has 1 aromatic heterocycles. The van der Waals surface area contributed by atoms with E-state index < -0.39 is 9.62 Å². The van der Waals surface area contributed by atoms with Crippen LogP contribution in [0.1, 0.15) is 32.7 Å². The zero-order valence-electron chi connectivity index (χ0n) is 13.4. The molecule has 2 aromatic rings. The summed E-state index contributed by atoms with van der Waals surface area (Å²) in [5.74, 6) is 1.14. The summed E-state index contributed by atoms with van der Waals surface area (Å²) in [5, 5.41) is 4.16. The van der Waals surface area contributed by atoms with Crippen LogP contribution in [-0.4, -0.2) is 22.7 Å². The molecule has 0 bridgehead atoms. The number of carbonyl (C=O) groups excluding carboxylic acids is 1. The number of thiazole rings is 1. The number of amides is 1. The molecule has 22 heavy (non-hydrogen) atoms. The number of fused-ring (bicyclic) bond motifs is 1. The van der Waals surface area contributed by atoms with Gasteiger partial charge in [0.15, 0.2) is 0 Å². The molecule has 1 saturated heterocycles. The van der Waals surface area contributed by atoms with Gasteiger partial charge < -0.3 is 10.1 Å². The van der Waals surface area contributed by atoms with Gasteiger partial charge in [0.05, 0.1) is 22.1 Å². The molecular weight excluding hydrogens is 316 g/mol. The Bertz CT molecular complexity index is 739. The molecule has 1 aromatic carbocycles. The van der Waals surface area contributed by atoms with Crippen LogP contribution < -0.4 is 10.1 Å². The van der Waals surface area contributed by atoms with Crippen LogP contribution in [0, 0.1) is 5.92 Å². The van der Waals surface area contributed by atoms with E-state index in [0.717, 1.165) is 21.0 Å². The van der Waals surface area contributed by atoms with E-state index in [9.17, 15) is 4.79 Å². The number of ether oxygens (including phenoxy) is 1. The number of benzene rings is 1. The van der Waals surface area contributed by atoms with Crippen LogP contribution in [0.3, 0.4) is 0 Å². The fourth-order valence-electron chi connectivity index (χ4n) is 2.59. The Morgan fingerprint density at radius 3 is 2.59 bits per heavy atom. The lowest BCUT2D eigenvalue weighted by Crippen LogP contribution is -2.42. The van der Waals surface area contributed by atoms with Gasteiger partial charge in [-0.25, -0.2) is 4.98 Å². The SMILES string of the molecule is COc1ccc2nc([C@]3(C(C)C)NC(=O)C(C)(C)S3)sc2c1.